The number of piperidine rings is 6. The van der Waals surface area contributed by atoms with Crippen LogP contribution in [0.3, 0.4) is 0 Å². The second-order valence-corrected chi connectivity index (χ2v) is 40.7. The molecule has 9 rings (SSSR count). The molecule has 23 heteroatoms. The van der Waals surface area contributed by atoms with Crippen LogP contribution in [0.2, 0.25) is 0 Å². The molecular weight excluding hydrogens is 1280 g/mol. The van der Waals surface area contributed by atoms with Crippen LogP contribution < -0.4 is 37.2 Å². The average Bonchev–Trinajstić information content (AvgIpc) is 0.806. The highest BCUT2D eigenvalue weighted by atomic mass is 15.3. The quantitative estimate of drug-likeness (QED) is 0.0353. The number of nitrogens with one attached hydrogen (secondary N) is 7. The van der Waals surface area contributed by atoms with E-state index in [4.69, 9.17) is 44.9 Å². The number of hydrogen-bond donors (Lipinski definition) is 7. The molecule has 9 heterocycles. The summed E-state index contributed by atoms with van der Waals surface area (Å²) in [5.74, 6) is 6.23. The first-order valence-electron chi connectivity index (χ1n) is 40.0. The second-order valence-electron chi connectivity index (χ2n) is 40.7. The maximum Gasteiger partial charge on any atom is 0.229 e. The first-order chi connectivity index (χ1) is 47.3. The van der Waals surface area contributed by atoms with Gasteiger partial charge in [-0.05, 0) is 337 Å². The fraction of sp³-hybridized carbons (Fsp3) is 0.887. The highest BCUT2D eigenvalue weighted by Gasteiger charge is 2.49. The SMILES string of the molecule is CN1C(C)(C)CC(Nc2nc(CCCCN(CCCCc3nc(NC4CC(C)(C)N(C)C(C)(C)C4)nc(NC4CC(C)(C)N(C)C(C)(C)C4)n3)CCCNc3nc(NC4CC(C)(C)N(C)C(C)(C)C4)nc(NC4CC(C)(C)N(C)C(C)(C)C4)n3)nc(NC3CC(C)(C)N(C)C(C)(C)C3)n2)CC1(C)C. The van der Waals surface area contributed by atoms with Gasteiger partial charge in [-0.25, -0.2) is 0 Å². The Morgan fingerprint density at radius 2 is 0.427 bits per heavy atom. The Balaban J connectivity index is 0.943. The molecule has 6 aliphatic rings. The molecule has 23 nitrogen and oxygen atoms in total. The van der Waals surface area contributed by atoms with Gasteiger partial charge in [-0.1, -0.05) is 0 Å². The maximum atomic E-state index is 5.24. The van der Waals surface area contributed by atoms with Crippen molar-refractivity contribution in [2.75, 3.05) is 106 Å². The Labute approximate surface area is 626 Å². The Hall–Kier alpha value is -4.65. The number of unbranched alkanes of at least 4 members (excludes halogenated alkanes) is 2. The maximum absolute atomic E-state index is 5.24. The van der Waals surface area contributed by atoms with E-state index in [-0.39, 0.29) is 103 Å². The van der Waals surface area contributed by atoms with Crippen molar-refractivity contribution in [3.05, 3.63) is 11.6 Å². The van der Waals surface area contributed by atoms with Crippen molar-refractivity contribution in [1.29, 1.82) is 0 Å². The Morgan fingerprint density at radius 1 is 0.252 bits per heavy atom. The summed E-state index contributed by atoms with van der Waals surface area (Å²) < 4.78 is 0. The van der Waals surface area contributed by atoms with Gasteiger partial charge >= 0.3 is 0 Å². The van der Waals surface area contributed by atoms with E-state index in [0.29, 0.717) is 48.2 Å². The molecule has 0 unspecified atom stereocenters. The molecule has 6 saturated heterocycles. The number of nitrogens with zero attached hydrogens (tertiary/aromatic N) is 16. The average molecular weight is 1430 g/mol. The number of rotatable bonds is 27. The Bertz CT molecular complexity index is 2680. The van der Waals surface area contributed by atoms with Crippen molar-refractivity contribution in [2.45, 2.75) is 391 Å². The van der Waals surface area contributed by atoms with E-state index in [1.54, 1.807) is 0 Å². The lowest BCUT2D eigenvalue weighted by Gasteiger charge is -2.54. The van der Waals surface area contributed by atoms with Crippen molar-refractivity contribution >= 4 is 41.6 Å². The number of hydrogen-bond acceptors (Lipinski definition) is 23. The largest absolute Gasteiger partial charge is 0.354 e. The van der Waals surface area contributed by atoms with E-state index in [1.165, 1.54) is 0 Å². The highest BCUT2D eigenvalue weighted by molar-refractivity contribution is 5.44. The van der Waals surface area contributed by atoms with Gasteiger partial charge in [-0.3, -0.25) is 29.4 Å². The standard InChI is InChI=1S/C80H149N23/c1-69(2)42-54(43-70(3,4)97(69)25)82-63-88-60(89-64(94-63)83-55-44-71(5,6)98(26)72(7,8)45-55)36-31-33-39-103(40-34-32-37-61-90-65(84-56-46-73(9,10)99(27)74(11,12)47-56)95-66(91-61)85-57-48-75(13,14)100(28)76(15,16)49-57)41-35-38-81-62-92-67(86-58-50-77(17,18)101(29)78(19,20)51-58)96-68(93-62)87-59-52-79(21,22)102(30)80(23,24)53-59/h54-59H,31-53H2,1-30H3,(H2,82,83,88,89,94)(H2,84,85,90,91,95)(H3,81,86,87,92,93,96). The molecule has 6 fully saturated rings. The molecule has 0 aliphatic carbocycles. The van der Waals surface area contributed by atoms with E-state index in [9.17, 15) is 0 Å². The molecule has 7 N–H and O–H groups in total. The second kappa shape index (κ2) is 30.4. The van der Waals surface area contributed by atoms with Gasteiger partial charge < -0.3 is 42.1 Å². The smallest absolute Gasteiger partial charge is 0.229 e. The van der Waals surface area contributed by atoms with Gasteiger partial charge in [0, 0.05) is 122 Å². The van der Waals surface area contributed by atoms with Crippen molar-refractivity contribution in [1.82, 2.24) is 79.2 Å². The number of anilines is 7. The number of aromatic nitrogens is 9. The molecular formula is C80H149N23. The van der Waals surface area contributed by atoms with Gasteiger partial charge in [0.1, 0.15) is 11.6 Å². The first kappa shape index (κ1) is 82.4. The lowest BCUT2D eigenvalue weighted by atomic mass is 9.77. The third-order valence-corrected chi connectivity index (χ3v) is 27.0. The minimum atomic E-state index is 0.00247. The molecule has 103 heavy (non-hydrogen) atoms. The van der Waals surface area contributed by atoms with Gasteiger partial charge in [0.25, 0.3) is 0 Å². The predicted octanol–water partition coefficient (Wildman–Crippen LogP) is 13.8. The zero-order chi connectivity index (χ0) is 76.3. The van der Waals surface area contributed by atoms with Gasteiger partial charge in [0.15, 0.2) is 0 Å². The highest BCUT2D eigenvalue weighted by Crippen LogP contribution is 2.44. The van der Waals surface area contributed by atoms with E-state index in [2.05, 4.69) is 280 Å². The summed E-state index contributed by atoms with van der Waals surface area (Å²) in [6, 6.07) is 1.29. The predicted molar refractivity (Wildman–Crippen MR) is 430 cm³/mol. The topological polar surface area (TPSA) is 223 Å². The van der Waals surface area contributed by atoms with Crippen LogP contribution in [0.15, 0.2) is 0 Å². The number of likely N-dealkylation sites (tertiary alicyclic amines) is 6. The molecule has 6 aliphatic heterocycles. The summed E-state index contributed by atoms with van der Waals surface area (Å²) >= 11 is 0. The molecule has 0 radical (unpaired) electrons. The summed E-state index contributed by atoms with van der Waals surface area (Å²) in [7, 11) is 13.6. The van der Waals surface area contributed by atoms with Gasteiger partial charge in [-0.15, -0.1) is 0 Å². The fourth-order valence-electron chi connectivity index (χ4n) is 19.9. The molecule has 0 aromatic carbocycles. The molecule has 0 amide bonds. The molecule has 0 bridgehead atoms. The van der Waals surface area contributed by atoms with Crippen LogP contribution in [0, 0.1) is 0 Å². The minimum Gasteiger partial charge on any atom is -0.354 e. The van der Waals surface area contributed by atoms with Crippen LogP contribution in [0.25, 0.3) is 0 Å². The summed E-state index contributed by atoms with van der Waals surface area (Å²) in [4.78, 5) is 64.6. The summed E-state index contributed by atoms with van der Waals surface area (Å²) in [6.07, 6.45) is 18.2. The van der Waals surface area contributed by atoms with Gasteiger partial charge in [0.2, 0.25) is 41.6 Å². The monoisotopic (exact) mass is 1430 g/mol. The number of aryl methyl sites for hydroxylation is 2. The van der Waals surface area contributed by atoms with Gasteiger partial charge in [0.05, 0.1) is 0 Å². The third-order valence-electron chi connectivity index (χ3n) is 27.0. The molecule has 0 atom stereocenters. The molecule has 3 aromatic heterocycles. The molecule has 0 spiro atoms. The lowest BCUT2D eigenvalue weighted by Crippen LogP contribution is -2.61. The van der Waals surface area contributed by atoms with Crippen molar-refractivity contribution in [3.8, 4) is 0 Å². The molecule has 584 valence electrons. The van der Waals surface area contributed by atoms with E-state index < -0.39 is 0 Å². The van der Waals surface area contributed by atoms with E-state index in [0.717, 1.165) is 153 Å². The summed E-state index contributed by atoms with van der Waals surface area (Å²) in [5, 5.41) is 26.9. The zero-order valence-corrected chi connectivity index (χ0v) is 70.9. The van der Waals surface area contributed by atoms with Crippen LogP contribution in [-0.2, 0) is 12.8 Å². The van der Waals surface area contributed by atoms with Crippen LogP contribution in [-0.4, -0.2) is 250 Å². The lowest BCUT2D eigenvalue weighted by molar-refractivity contribution is -0.00826. The summed E-state index contributed by atoms with van der Waals surface area (Å²) in [5.41, 5.74) is 0.123. The Kier molecular flexibility index (Phi) is 24.3. The Morgan fingerprint density at radius 3 is 0.631 bits per heavy atom. The van der Waals surface area contributed by atoms with Gasteiger partial charge in [-0.2, -0.15) is 44.9 Å². The van der Waals surface area contributed by atoms with Crippen LogP contribution in [0.4, 0.5) is 41.6 Å². The van der Waals surface area contributed by atoms with E-state index >= 15 is 0 Å². The third kappa shape index (κ3) is 20.4. The molecule has 3 aromatic rings. The normalized spacial score (nSPS) is 25.5. The van der Waals surface area contributed by atoms with E-state index in [1.807, 2.05) is 0 Å². The fourth-order valence-corrected chi connectivity index (χ4v) is 19.9. The van der Waals surface area contributed by atoms with Crippen LogP contribution in [0.5, 0.6) is 0 Å². The zero-order valence-electron chi connectivity index (χ0n) is 70.9. The van der Waals surface area contributed by atoms with Crippen molar-refractivity contribution in [2.24, 2.45) is 0 Å². The first-order valence-corrected chi connectivity index (χ1v) is 40.0. The molecule has 0 saturated carbocycles. The minimum absolute atomic E-state index is 0.00247. The van der Waals surface area contributed by atoms with Crippen LogP contribution >= 0.6 is 0 Å². The van der Waals surface area contributed by atoms with Crippen molar-refractivity contribution < 1.29 is 0 Å². The summed E-state index contributed by atoms with van der Waals surface area (Å²) in [6.45, 7) is 60.0. The van der Waals surface area contributed by atoms with Crippen LogP contribution in [0.1, 0.15) is 287 Å². The van der Waals surface area contributed by atoms with Crippen molar-refractivity contribution in [3.63, 3.8) is 0 Å².